The molecule has 0 unspecified atom stereocenters. The Morgan fingerprint density at radius 1 is 1.10 bits per heavy atom. The summed E-state index contributed by atoms with van der Waals surface area (Å²) in [5.74, 6) is 0.667. The van der Waals surface area contributed by atoms with Gasteiger partial charge >= 0.3 is 0 Å². The highest BCUT2D eigenvalue weighted by atomic mass is 32.1. The molecule has 2 amide bonds. The minimum absolute atomic E-state index is 0.115. The van der Waals surface area contributed by atoms with Crippen LogP contribution in [0, 0.1) is 0 Å². The first-order valence-electron chi connectivity index (χ1n) is 10.9. The molecule has 1 saturated heterocycles. The van der Waals surface area contributed by atoms with E-state index in [1.54, 1.807) is 0 Å². The van der Waals surface area contributed by atoms with Crippen LogP contribution in [0.1, 0.15) is 71.7 Å². The summed E-state index contributed by atoms with van der Waals surface area (Å²) in [6, 6.07) is 13.0. The van der Waals surface area contributed by atoms with Crippen LogP contribution < -0.4 is 5.32 Å². The normalized spacial score (nSPS) is 22.9. The molecule has 29 heavy (non-hydrogen) atoms. The molecule has 1 aromatic heterocycles. The van der Waals surface area contributed by atoms with Gasteiger partial charge in [-0.1, -0.05) is 30.3 Å². The third-order valence-electron chi connectivity index (χ3n) is 7.25. The zero-order valence-corrected chi connectivity index (χ0v) is 17.5. The summed E-state index contributed by atoms with van der Waals surface area (Å²) in [5.41, 5.74) is 2.89. The number of hydrogen-bond donors (Lipinski definition) is 1. The van der Waals surface area contributed by atoms with Crippen molar-refractivity contribution in [2.24, 2.45) is 0 Å². The first-order chi connectivity index (χ1) is 14.1. The molecule has 5 rings (SSSR count). The Morgan fingerprint density at radius 2 is 1.90 bits per heavy atom. The molecule has 3 aliphatic rings. The minimum Gasteiger partial charge on any atom is -0.353 e. The Labute approximate surface area is 176 Å². The fourth-order valence-electron chi connectivity index (χ4n) is 5.44. The number of piperidine rings is 1. The molecular weight excluding hydrogens is 380 g/mol. The van der Waals surface area contributed by atoms with Crippen molar-refractivity contribution in [2.45, 2.75) is 62.3 Å². The first-order valence-corrected chi connectivity index (χ1v) is 11.7. The van der Waals surface area contributed by atoms with Crippen LogP contribution in [0.4, 0.5) is 0 Å². The number of benzene rings is 1. The van der Waals surface area contributed by atoms with Crippen molar-refractivity contribution in [3.05, 3.63) is 57.8 Å². The molecule has 1 atom stereocenters. The number of rotatable bonds is 4. The van der Waals surface area contributed by atoms with Crippen LogP contribution in [0.5, 0.6) is 0 Å². The molecule has 0 radical (unpaired) electrons. The fourth-order valence-corrected chi connectivity index (χ4v) is 6.13. The number of nitrogens with zero attached hydrogens (tertiary/aromatic N) is 1. The Kier molecular flexibility index (Phi) is 4.94. The van der Waals surface area contributed by atoms with Crippen molar-refractivity contribution in [2.75, 3.05) is 13.1 Å². The maximum Gasteiger partial charge on any atom is 0.263 e. The summed E-state index contributed by atoms with van der Waals surface area (Å²) in [6.45, 7) is 1.60. The zero-order valence-electron chi connectivity index (χ0n) is 16.7. The summed E-state index contributed by atoms with van der Waals surface area (Å²) in [5, 5.41) is 5.18. The maximum absolute atomic E-state index is 12.7. The quantitative estimate of drug-likeness (QED) is 0.812. The molecule has 2 heterocycles. The molecular formula is C24H28N2O2S. The molecule has 152 valence electrons. The van der Waals surface area contributed by atoms with Crippen LogP contribution in [0.2, 0.25) is 0 Å². The maximum atomic E-state index is 12.7. The number of nitrogens with one attached hydrogen (secondary N) is 1. The summed E-state index contributed by atoms with van der Waals surface area (Å²) < 4.78 is 0. The second-order valence-electron chi connectivity index (χ2n) is 8.94. The molecule has 0 bridgehead atoms. The first kappa shape index (κ1) is 18.9. The molecule has 5 heteroatoms. The third-order valence-corrected chi connectivity index (χ3v) is 8.11. The summed E-state index contributed by atoms with van der Waals surface area (Å²) in [4.78, 5) is 28.2. The van der Waals surface area contributed by atoms with E-state index in [0.29, 0.717) is 18.4 Å². The van der Waals surface area contributed by atoms with Crippen LogP contribution in [-0.4, -0.2) is 35.8 Å². The second kappa shape index (κ2) is 7.60. The lowest BCUT2D eigenvalue weighted by Gasteiger charge is -2.40. The number of carbonyl (C=O) groups is 2. The van der Waals surface area contributed by atoms with Gasteiger partial charge in [0.2, 0.25) is 5.91 Å². The van der Waals surface area contributed by atoms with Crippen molar-refractivity contribution < 1.29 is 9.59 Å². The molecule has 1 saturated carbocycles. The van der Waals surface area contributed by atoms with Gasteiger partial charge in [0.25, 0.3) is 5.91 Å². The molecule has 1 spiro atoms. The van der Waals surface area contributed by atoms with Gasteiger partial charge in [-0.15, -0.1) is 11.3 Å². The fraction of sp³-hybridized carbons (Fsp3) is 0.500. The van der Waals surface area contributed by atoms with E-state index in [2.05, 4.69) is 29.6 Å². The molecule has 1 aliphatic heterocycles. The van der Waals surface area contributed by atoms with Gasteiger partial charge in [0, 0.05) is 25.6 Å². The van der Waals surface area contributed by atoms with E-state index in [1.807, 2.05) is 22.4 Å². The Hall–Kier alpha value is -2.14. The second-order valence-corrected chi connectivity index (χ2v) is 9.89. The van der Waals surface area contributed by atoms with Crippen LogP contribution in [0.25, 0.3) is 0 Å². The van der Waals surface area contributed by atoms with Gasteiger partial charge < -0.3 is 10.2 Å². The molecule has 1 N–H and O–H groups in total. The van der Waals surface area contributed by atoms with Gasteiger partial charge in [0.15, 0.2) is 0 Å². The van der Waals surface area contributed by atoms with Gasteiger partial charge in [-0.2, -0.15) is 0 Å². The van der Waals surface area contributed by atoms with Crippen LogP contribution in [-0.2, 0) is 10.2 Å². The summed E-state index contributed by atoms with van der Waals surface area (Å²) in [6.07, 6.45) is 7.10. The van der Waals surface area contributed by atoms with Crippen molar-refractivity contribution >= 4 is 23.2 Å². The number of fused-ring (bicyclic) bond motifs is 2. The van der Waals surface area contributed by atoms with Crippen LogP contribution in [0.15, 0.2) is 41.8 Å². The highest BCUT2D eigenvalue weighted by Crippen LogP contribution is 2.52. The van der Waals surface area contributed by atoms with Crippen molar-refractivity contribution in [1.82, 2.24) is 10.2 Å². The average Bonchev–Trinajstić information content (AvgIpc) is 3.34. The van der Waals surface area contributed by atoms with E-state index in [0.717, 1.165) is 50.1 Å². The van der Waals surface area contributed by atoms with Gasteiger partial charge in [-0.3, -0.25) is 9.59 Å². The Balaban J connectivity index is 1.29. The lowest BCUT2D eigenvalue weighted by atomic mass is 9.73. The van der Waals surface area contributed by atoms with E-state index < -0.39 is 0 Å². The number of thiophene rings is 1. The molecule has 2 aliphatic carbocycles. The number of hydrogen-bond acceptors (Lipinski definition) is 3. The smallest absolute Gasteiger partial charge is 0.263 e. The summed E-state index contributed by atoms with van der Waals surface area (Å²) in [7, 11) is 0. The van der Waals surface area contributed by atoms with Crippen LogP contribution >= 0.6 is 11.3 Å². The highest BCUT2D eigenvalue weighted by Gasteiger charge is 2.46. The monoisotopic (exact) mass is 408 g/mol. The zero-order chi connectivity index (χ0) is 19.8. The van der Waals surface area contributed by atoms with Gasteiger partial charge in [-0.25, -0.2) is 0 Å². The van der Waals surface area contributed by atoms with Gasteiger partial charge in [0.1, 0.15) is 0 Å². The van der Waals surface area contributed by atoms with E-state index in [1.165, 1.54) is 28.9 Å². The van der Waals surface area contributed by atoms with Gasteiger partial charge in [-0.05, 0) is 72.4 Å². The number of carbonyl (C=O) groups excluding carboxylic acids is 2. The van der Waals surface area contributed by atoms with Crippen LogP contribution in [0.3, 0.4) is 0 Å². The van der Waals surface area contributed by atoms with Crippen molar-refractivity contribution in [3.8, 4) is 0 Å². The predicted octanol–water partition coefficient (Wildman–Crippen LogP) is 4.47. The Bertz CT molecular complexity index is 895. The largest absolute Gasteiger partial charge is 0.353 e. The molecule has 4 nitrogen and oxygen atoms in total. The molecule has 1 aromatic carbocycles. The Morgan fingerprint density at radius 3 is 2.59 bits per heavy atom. The van der Waals surface area contributed by atoms with Crippen molar-refractivity contribution in [3.63, 3.8) is 0 Å². The topological polar surface area (TPSA) is 49.4 Å². The lowest BCUT2D eigenvalue weighted by molar-refractivity contribution is -0.122. The number of likely N-dealkylation sites (tertiary alicyclic amines) is 1. The van der Waals surface area contributed by atoms with Crippen molar-refractivity contribution in [1.29, 1.82) is 0 Å². The summed E-state index contributed by atoms with van der Waals surface area (Å²) >= 11 is 1.52. The molecule has 2 fully saturated rings. The van der Waals surface area contributed by atoms with E-state index in [9.17, 15) is 9.59 Å². The number of amides is 2. The predicted molar refractivity (Wildman–Crippen MR) is 115 cm³/mol. The van der Waals surface area contributed by atoms with E-state index >= 15 is 0 Å². The SMILES string of the molecule is O=C(C[C@@H]1CC2(CCN(C(=O)c3cccs3)CC2)c2ccccc21)NC1CCC1. The standard InChI is InChI=1S/C24H28N2O2S/c27-22(25-18-5-3-6-18)15-17-16-24(20-8-2-1-7-19(17)20)10-12-26(13-11-24)23(28)21-9-4-14-29-21/h1-2,4,7-9,14,17-18H,3,5-6,10-13,15-16H2,(H,25,27)/t17-/m1/s1. The molecule has 2 aromatic rings. The van der Waals surface area contributed by atoms with E-state index in [4.69, 9.17) is 0 Å². The average molecular weight is 409 g/mol. The highest BCUT2D eigenvalue weighted by molar-refractivity contribution is 7.12. The minimum atomic E-state index is 0.115. The third kappa shape index (κ3) is 3.50. The van der Waals surface area contributed by atoms with E-state index in [-0.39, 0.29) is 17.2 Å². The lowest BCUT2D eigenvalue weighted by Crippen LogP contribution is -2.44. The van der Waals surface area contributed by atoms with Gasteiger partial charge in [0.05, 0.1) is 4.88 Å².